The normalized spacial score (nSPS) is 17.1. The molecule has 10 heteroatoms. The number of hydrogen-bond acceptors (Lipinski definition) is 7. The predicted octanol–water partition coefficient (Wildman–Crippen LogP) is 2.11. The number of nitrogens with two attached hydrogens (primary N) is 1. The molecule has 8 nitrogen and oxygen atoms in total. The van der Waals surface area contributed by atoms with Crippen molar-refractivity contribution in [2.24, 2.45) is 5.73 Å². The summed E-state index contributed by atoms with van der Waals surface area (Å²) in [5.74, 6) is -0.949. The molecule has 2 aromatic carbocycles. The second-order valence-corrected chi connectivity index (χ2v) is 7.34. The van der Waals surface area contributed by atoms with Gasteiger partial charge in [0.2, 0.25) is 0 Å². The van der Waals surface area contributed by atoms with E-state index < -0.39 is 24.0 Å². The van der Waals surface area contributed by atoms with Crippen LogP contribution in [0.3, 0.4) is 0 Å². The molecule has 31 heavy (non-hydrogen) atoms. The fourth-order valence-corrected chi connectivity index (χ4v) is 3.43. The summed E-state index contributed by atoms with van der Waals surface area (Å²) in [5, 5.41) is 20.0. The highest BCUT2D eigenvalue weighted by atomic mass is 32.2. The first kappa shape index (κ1) is 30.8. The summed E-state index contributed by atoms with van der Waals surface area (Å²) in [6.45, 7) is 0. The van der Waals surface area contributed by atoms with Crippen molar-refractivity contribution in [1.82, 2.24) is 5.32 Å². The van der Waals surface area contributed by atoms with Gasteiger partial charge < -0.3 is 21.4 Å². The number of carboxylic acids is 2. The standard InChI is InChI=1S/C10H11NO2S.C7H6O.C3H7NO2S.CH4.H2O/c12-10(13)8-6-14-9(11-8)7-4-2-1-3-5-7;8-6-7-4-2-1-3-5-7;4-2(1-7)3(5)6;;/h1-5,8-9,11H,6H2,(H,12,13);1-6H;2,7H,1,4H2,(H,5,6);1H4;1H2. The highest BCUT2D eigenvalue weighted by Crippen LogP contribution is 2.32. The van der Waals surface area contributed by atoms with Crippen molar-refractivity contribution in [2.75, 3.05) is 11.5 Å². The highest BCUT2D eigenvalue weighted by Gasteiger charge is 2.29. The molecule has 1 heterocycles. The summed E-state index contributed by atoms with van der Waals surface area (Å²) in [6, 6.07) is 17.8. The van der Waals surface area contributed by atoms with Crippen LogP contribution in [0.5, 0.6) is 0 Å². The average molecular weight is 471 g/mol. The van der Waals surface area contributed by atoms with Crippen LogP contribution in [0, 0.1) is 0 Å². The van der Waals surface area contributed by atoms with E-state index in [-0.39, 0.29) is 24.0 Å². The van der Waals surface area contributed by atoms with Crippen molar-refractivity contribution in [2.45, 2.75) is 24.9 Å². The van der Waals surface area contributed by atoms with Crippen molar-refractivity contribution in [1.29, 1.82) is 0 Å². The summed E-state index contributed by atoms with van der Waals surface area (Å²) < 4.78 is 0. The van der Waals surface area contributed by atoms with Crippen LogP contribution in [0.1, 0.15) is 28.7 Å². The van der Waals surface area contributed by atoms with E-state index in [4.69, 9.17) is 15.9 Å². The largest absolute Gasteiger partial charge is 0.480 e. The molecule has 1 saturated heterocycles. The lowest BCUT2D eigenvalue weighted by Gasteiger charge is -2.10. The van der Waals surface area contributed by atoms with Crippen LogP contribution >= 0.6 is 24.4 Å². The summed E-state index contributed by atoms with van der Waals surface area (Å²) in [4.78, 5) is 30.5. The summed E-state index contributed by atoms with van der Waals surface area (Å²) in [6.07, 6.45) is 0.833. The SMILES string of the molecule is C.NC(CS)C(=O)O.O.O=C(O)C1CSC(c2ccccc2)N1.O=Cc1ccccc1. The number of carbonyl (C=O) groups is 3. The maximum atomic E-state index is 10.7. The molecule has 1 aliphatic rings. The van der Waals surface area contributed by atoms with Crippen LogP contribution < -0.4 is 11.1 Å². The molecular formula is C21H30N2O6S2. The van der Waals surface area contributed by atoms with Gasteiger partial charge in [-0.05, 0) is 5.56 Å². The van der Waals surface area contributed by atoms with Gasteiger partial charge in [-0.25, -0.2) is 0 Å². The van der Waals surface area contributed by atoms with Crippen molar-refractivity contribution >= 4 is 42.6 Å². The van der Waals surface area contributed by atoms with Crippen LogP contribution in [0.4, 0.5) is 0 Å². The van der Waals surface area contributed by atoms with Crippen LogP contribution in [0.25, 0.3) is 0 Å². The second kappa shape index (κ2) is 17.3. The van der Waals surface area contributed by atoms with Gasteiger partial charge in [-0.15, -0.1) is 11.8 Å². The third-order valence-electron chi connectivity index (χ3n) is 3.63. The fraction of sp³-hybridized carbons (Fsp3) is 0.286. The number of benzene rings is 2. The van der Waals surface area contributed by atoms with Gasteiger partial charge in [-0.2, -0.15) is 12.6 Å². The Balaban J connectivity index is 0. The molecule has 2 aromatic rings. The Bertz CT molecular complexity index is 765. The highest BCUT2D eigenvalue weighted by molar-refractivity contribution is 7.99. The van der Waals surface area contributed by atoms with E-state index in [1.54, 1.807) is 23.9 Å². The Labute approximate surface area is 192 Å². The average Bonchev–Trinajstić information content (AvgIpc) is 3.26. The molecule has 3 rings (SSSR count). The third kappa shape index (κ3) is 12.2. The van der Waals surface area contributed by atoms with E-state index in [0.717, 1.165) is 17.4 Å². The van der Waals surface area contributed by atoms with E-state index in [1.165, 1.54) is 0 Å². The topological polar surface area (TPSA) is 161 Å². The number of thioether (sulfide) groups is 1. The zero-order valence-electron chi connectivity index (χ0n) is 16.0. The lowest BCUT2D eigenvalue weighted by molar-refractivity contribution is -0.139. The number of thiol groups is 1. The van der Waals surface area contributed by atoms with Crippen molar-refractivity contribution in [3.05, 3.63) is 71.8 Å². The van der Waals surface area contributed by atoms with Crippen LogP contribution in [-0.4, -0.2) is 57.5 Å². The number of carbonyl (C=O) groups excluding carboxylic acids is 1. The first-order chi connectivity index (χ1) is 13.9. The minimum absolute atomic E-state index is 0. The van der Waals surface area contributed by atoms with Gasteiger partial charge in [0.15, 0.2) is 0 Å². The number of hydrogen-bond donors (Lipinski definition) is 5. The van der Waals surface area contributed by atoms with Gasteiger partial charge >= 0.3 is 11.9 Å². The Kier molecular flexibility index (Phi) is 17.2. The smallest absolute Gasteiger partial charge is 0.321 e. The maximum Gasteiger partial charge on any atom is 0.321 e. The van der Waals surface area contributed by atoms with Crippen LogP contribution in [-0.2, 0) is 9.59 Å². The van der Waals surface area contributed by atoms with Gasteiger partial charge in [-0.1, -0.05) is 68.1 Å². The third-order valence-corrected chi connectivity index (χ3v) is 5.29. The number of rotatable bonds is 5. The molecular weight excluding hydrogens is 440 g/mol. The van der Waals surface area contributed by atoms with Crippen LogP contribution in [0.2, 0.25) is 0 Å². The Morgan fingerprint density at radius 3 is 1.97 bits per heavy atom. The minimum Gasteiger partial charge on any atom is -0.480 e. The monoisotopic (exact) mass is 470 g/mol. The number of aldehydes is 1. The minimum atomic E-state index is -1.00. The number of carboxylic acid groups (broad SMARTS) is 2. The molecule has 1 fully saturated rings. The zero-order chi connectivity index (χ0) is 21.6. The quantitative estimate of drug-likeness (QED) is 0.328. The van der Waals surface area contributed by atoms with E-state index in [2.05, 4.69) is 17.9 Å². The molecule has 0 radical (unpaired) electrons. The van der Waals surface area contributed by atoms with Crippen LogP contribution in [0.15, 0.2) is 60.7 Å². The Hall–Kier alpha value is -2.37. The van der Waals surface area contributed by atoms with Gasteiger partial charge in [-0.3, -0.25) is 19.7 Å². The summed E-state index contributed by atoms with van der Waals surface area (Å²) >= 11 is 5.29. The van der Waals surface area contributed by atoms with Crippen molar-refractivity contribution in [3.63, 3.8) is 0 Å². The Morgan fingerprint density at radius 1 is 1.13 bits per heavy atom. The fourth-order valence-electron chi connectivity index (χ4n) is 2.04. The zero-order valence-corrected chi connectivity index (χ0v) is 17.8. The molecule has 3 unspecified atom stereocenters. The van der Waals surface area contributed by atoms with Gasteiger partial charge in [0, 0.05) is 17.1 Å². The second-order valence-electron chi connectivity index (χ2n) is 5.84. The molecule has 172 valence electrons. The van der Waals surface area contributed by atoms with Crippen molar-refractivity contribution in [3.8, 4) is 0 Å². The van der Waals surface area contributed by atoms with Gasteiger partial charge in [0.25, 0.3) is 0 Å². The molecule has 0 saturated carbocycles. The molecule has 0 spiro atoms. The Morgan fingerprint density at radius 2 is 1.65 bits per heavy atom. The first-order valence-electron chi connectivity index (χ1n) is 8.64. The number of nitrogens with one attached hydrogen (secondary N) is 1. The molecule has 0 aliphatic carbocycles. The summed E-state index contributed by atoms with van der Waals surface area (Å²) in [5.41, 5.74) is 6.81. The van der Waals surface area contributed by atoms with E-state index in [1.807, 2.05) is 48.5 Å². The van der Waals surface area contributed by atoms with E-state index in [9.17, 15) is 14.4 Å². The maximum absolute atomic E-state index is 10.7. The van der Waals surface area contributed by atoms with Gasteiger partial charge in [0.1, 0.15) is 18.4 Å². The predicted molar refractivity (Wildman–Crippen MR) is 128 cm³/mol. The molecule has 3 atom stereocenters. The lowest BCUT2D eigenvalue weighted by atomic mass is 10.2. The summed E-state index contributed by atoms with van der Waals surface area (Å²) in [7, 11) is 0. The first-order valence-corrected chi connectivity index (χ1v) is 10.3. The van der Waals surface area contributed by atoms with Crippen molar-refractivity contribution < 1.29 is 30.1 Å². The molecule has 0 bridgehead atoms. The molecule has 0 aromatic heterocycles. The van der Waals surface area contributed by atoms with E-state index >= 15 is 0 Å². The molecule has 7 N–H and O–H groups in total. The number of aliphatic carboxylic acids is 2. The molecule has 0 amide bonds. The van der Waals surface area contributed by atoms with Gasteiger partial charge in [0.05, 0.1) is 5.37 Å². The van der Waals surface area contributed by atoms with E-state index in [0.29, 0.717) is 5.75 Å². The molecule has 1 aliphatic heterocycles. The lowest BCUT2D eigenvalue weighted by Crippen LogP contribution is -2.33.